The molecule has 0 heterocycles. The van der Waals surface area contributed by atoms with Crippen LogP contribution < -0.4 is 5.73 Å². The molecule has 13 heavy (non-hydrogen) atoms. The fourth-order valence-electron chi connectivity index (χ4n) is 2.12. The minimum atomic E-state index is 0.0435. The number of ether oxygens (including phenoxy) is 1. The normalized spacial score (nSPS) is 20.4. The molecule has 2 N–H and O–H groups in total. The lowest BCUT2D eigenvalue weighted by Crippen LogP contribution is -2.31. The van der Waals surface area contributed by atoms with Crippen LogP contribution in [0.4, 0.5) is 0 Å². The van der Waals surface area contributed by atoms with Crippen LogP contribution in [0.25, 0.3) is 0 Å². The third-order valence-corrected chi connectivity index (χ3v) is 2.68. The van der Waals surface area contributed by atoms with Crippen LogP contribution in [0.2, 0.25) is 0 Å². The molecule has 1 aliphatic rings. The van der Waals surface area contributed by atoms with Crippen molar-refractivity contribution in [3.63, 3.8) is 0 Å². The van der Waals surface area contributed by atoms with Gasteiger partial charge in [-0.05, 0) is 19.3 Å². The summed E-state index contributed by atoms with van der Waals surface area (Å²) in [6, 6.07) is 0. The van der Waals surface area contributed by atoms with Gasteiger partial charge in [-0.25, -0.2) is 0 Å². The van der Waals surface area contributed by atoms with E-state index in [1.165, 1.54) is 12.8 Å². The molecule has 0 aliphatic heterocycles. The number of hydrogen-bond acceptors (Lipinski definition) is 2. The fraction of sp³-hybridized carbons (Fsp3) is 0.818. The van der Waals surface area contributed by atoms with Gasteiger partial charge >= 0.3 is 0 Å². The second-order valence-electron chi connectivity index (χ2n) is 4.07. The summed E-state index contributed by atoms with van der Waals surface area (Å²) in [6.45, 7) is 6.76. The van der Waals surface area contributed by atoms with Crippen molar-refractivity contribution in [2.24, 2.45) is 5.73 Å². The van der Waals surface area contributed by atoms with Gasteiger partial charge in [-0.15, -0.1) is 0 Å². The minimum absolute atomic E-state index is 0.0435. The largest absolute Gasteiger partial charge is 0.402 e. The molecule has 0 aromatic heterocycles. The van der Waals surface area contributed by atoms with Crippen LogP contribution in [-0.4, -0.2) is 12.2 Å². The van der Waals surface area contributed by atoms with Gasteiger partial charge in [0.15, 0.2) is 0 Å². The Hall–Kier alpha value is -0.500. The lowest BCUT2D eigenvalue weighted by Gasteiger charge is -2.29. The van der Waals surface area contributed by atoms with Crippen LogP contribution in [0, 0.1) is 0 Å². The van der Waals surface area contributed by atoms with E-state index in [1.54, 1.807) is 0 Å². The average molecular weight is 183 g/mol. The lowest BCUT2D eigenvalue weighted by molar-refractivity contribution is -0.0399. The van der Waals surface area contributed by atoms with E-state index in [4.69, 9.17) is 10.5 Å². The summed E-state index contributed by atoms with van der Waals surface area (Å²) in [4.78, 5) is 0. The molecule has 0 aromatic carbocycles. The van der Waals surface area contributed by atoms with Gasteiger partial charge in [0.1, 0.15) is 0 Å². The maximum Gasteiger partial charge on any atom is 0.0736 e. The fourth-order valence-corrected chi connectivity index (χ4v) is 2.12. The van der Waals surface area contributed by atoms with Gasteiger partial charge in [-0.2, -0.15) is 0 Å². The third kappa shape index (κ3) is 3.03. The molecule has 1 rings (SSSR count). The predicted molar refractivity (Wildman–Crippen MR) is 55.4 cm³/mol. The van der Waals surface area contributed by atoms with Crippen molar-refractivity contribution in [2.45, 2.75) is 51.0 Å². The molecule has 0 amide bonds. The summed E-state index contributed by atoms with van der Waals surface area (Å²) in [5, 5.41) is 0. The predicted octanol–water partition coefficient (Wildman–Crippen LogP) is 2.59. The maximum atomic E-state index is 5.91. The molecule has 1 saturated carbocycles. The molecule has 0 radical (unpaired) electrons. The highest BCUT2D eigenvalue weighted by atomic mass is 16.5. The molecular formula is C11H21NO. The Balaban J connectivity index is 2.47. The van der Waals surface area contributed by atoms with E-state index in [2.05, 4.69) is 13.5 Å². The molecule has 0 spiro atoms. The molecular weight excluding hydrogens is 162 g/mol. The van der Waals surface area contributed by atoms with Crippen LogP contribution in [0.1, 0.15) is 45.4 Å². The zero-order valence-electron chi connectivity index (χ0n) is 8.64. The van der Waals surface area contributed by atoms with Gasteiger partial charge in [0.2, 0.25) is 0 Å². The highest BCUT2D eigenvalue weighted by Crippen LogP contribution is 2.37. The monoisotopic (exact) mass is 183 g/mol. The third-order valence-electron chi connectivity index (χ3n) is 2.68. The van der Waals surface area contributed by atoms with Crippen molar-refractivity contribution in [2.75, 3.05) is 6.61 Å². The first kappa shape index (κ1) is 10.6. The van der Waals surface area contributed by atoms with Gasteiger partial charge in [-0.3, -0.25) is 0 Å². The lowest BCUT2D eigenvalue weighted by atomic mass is 9.96. The summed E-state index contributed by atoms with van der Waals surface area (Å²) in [5.41, 5.74) is 6.46. The Morgan fingerprint density at radius 3 is 2.54 bits per heavy atom. The van der Waals surface area contributed by atoms with Crippen LogP contribution in [0.15, 0.2) is 12.3 Å². The zero-order valence-corrected chi connectivity index (χ0v) is 8.64. The second kappa shape index (κ2) is 4.66. The van der Waals surface area contributed by atoms with Crippen LogP contribution >= 0.6 is 0 Å². The average Bonchev–Trinajstić information content (AvgIpc) is 2.49. The first-order valence-corrected chi connectivity index (χ1v) is 5.26. The Kier molecular flexibility index (Phi) is 3.79. The van der Waals surface area contributed by atoms with E-state index in [9.17, 15) is 0 Å². The summed E-state index contributed by atoms with van der Waals surface area (Å²) < 4.78 is 5.91. The number of hydrogen-bond donors (Lipinski definition) is 1. The molecule has 1 fully saturated rings. The Morgan fingerprint density at radius 2 is 2.08 bits per heavy atom. The van der Waals surface area contributed by atoms with Gasteiger partial charge in [-0.1, -0.05) is 26.3 Å². The second-order valence-corrected chi connectivity index (χ2v) is 4.07. The summed E-state index contributed by atoms with van der Waals surface area (Å²) in [7, 11) is 0. The molecule has 76 valence electrons. The molecule has 0 atom stereocenters. The van der Waals surface area contributed by atoms with Gasteiger partial charge in [0.25, 0.3) is 0 Å². The van der Waals surface area contributed by atoms with E-state index in [1.807, 2.05) is 0 Å². The molecule has 0 bridgehead atoms. The highest BCUT2D eigenvalue weighted by Gasteiger charge is 2.34. The molecule has 2 heteroatoms. The molecule has 0 unspecified atom stereocenters. The van der Waals surface area contributed by atoms with E-state index in [0.29, 0.717) is 0 Å². The van der Waals surface area contributed by atoms with Crippen molar-refractivity contribution in [3.8, 4) is 0 Å². The van der Waals surface area contributed by atoms with Gasteiger partial charge < -0.3 is 10.5 Å². The SMILES string of the molecule is C=C(N)CC1(OCCC)CCCC1. The summed E-state index contributed by atoms with van der Waals surface area (Å²) in [6.07, 6.45) is 6.78. The summed E-state index contributed by atoms with van der Waals surface area (Å²) in [5.74, 6) is 0. The first-order chi connectivity index (χ1) is 6.18. The maximum absolute atomic E-state index is 5.91. The van der Waals surface area contributed by atoms with Crippen molar-refractivity contribution in [3.05, 3.63) is 12.3 Å². The Labute approximate surface area is 81.1 Å². The van der Waals surface area contributed by atoms with Crippen molar-refractivity contribution < 1.29 is 4.74 Å². The quantitative estimate of drug-likeness (QED) is 0.711. The van der Waals surface area contributed by atoms with Crippen molar-refractivity contribution in [1.29, 1.82) is 0 Å². The van der Waals surface area contributed by atoms with E-state index in [-0.39, 0.29) is 5.60 Å². The number of rotatable bonds is 5. The molecule has 1 aliphatic carbocycles. The summed E-state index contributed by atoms with van der Waals surface area (Å²) >= 11 is 0. The smallest absolute Gasteiger partial charge is 0.0736 e. The minimum Gasteiger partial charge on any atom is -0.402 e. The molecule has 0 aromatic rings. The zero-order chi connectivity index (χ0) is 9.73. The van der Waals surface area contributed by atoms with Crippen molar-refractivity contribution >= 4 is 0 Å². The molecule has 2 nitrogen and oxygen atoms in total. The topological polar surface area (TPSA) is 35.2 Å². The Bertz CT molecular complexity index is 171. The highest BCUT2D eigenvalue weighted by molar-refractivity contribution is 4.99. The molecule has 0 saturated heterocycles. The Morgan fingerprint density at radius 1 is 1.46 bits per heavy atom. The van der Waals surface area contributed by atoms with E-state index in [0.717, 1.165) is 38.0 Å². The van der Waals surface area contributed by atoms with Gasteiger partial charge in [0, 0.05) is 18.7 Å². The van der Waals surface area contributed by atoms with Crippen LogP contribution in [-0.2, 0) is 4.74 Å². The first-order valence-electron chi connectivity index (χ1n) is 5.26. The number of nitrogens with two attached hydrogens (primary N) is 1. The van der Waals surface area contributed by atoms with Gasteiger partial charge in [0.05, 0.1) is 5.60 Å². The van der Waals surface area contributed by atoms with Crippen LogP contribution in [0.3, 0.4) is 0 Å². The standard InChI is InChI=1S/C11H21NO/c1-3-8-13-11(9-10(2)12)6-4-5-7-11/h2-9,12H2,1H3. The van der Waals surface area contributed by atoms with E-state index >= 15 is 0 Å². The van der Waals surface area contributed by atoms with E-state index < -0.39 is 0 Å². The van der Waals surface area contributed by atoms with Crippen molar-refractivity contribution in [1.82, 2.24) is 0 Å². The van der Waals surface area contributed by atoms with Crippen LogP contribution in [0.5, 0.6) is 0 Å².